The number of hydrogen-bond acceptors (Lipinski definition) is 3. The van der Waals surface area contributed by atoms with Crippen LogP contribution in [0.2, 0.25) is 5.02 Å². The Morgan fingerprint density at radius 3 is 2.71 bits per heavy atom. The molecule has 0 amide bonds. The Morgan fingerprint density at radius 2 is 2.24 bits per heavy atom. The lowest BCUT2D eigenvalue weighted by atomic mass is 10.2. The number of carbonyl (C=O) groups is 1. The van der Waals surface area contributed by atoms with Crippen LogP contribution in [-0.2, 0) is 10.6 Å². The van der Waals surface area contributed by atoms with Gasteiger partial charge in [0, 0.05) is 11.4 Å². The molecule has 0 spiro atoms. The van der Waals surface area contributed by atoms with E-state index in [4.69, 9.17) is 27.9 Å². The number of esters is 1. The summed E-state index contributed by atoms with van der Waals surface area (Å²) in [5, 5.41) is -0.219. The summed E-state index contributed by atoms with van der Waals surface area (Å²) in [5.41, 5.74) is -0.607. The summed E-state index contributed by atoms with van der Waals surface area (Å²) in [5.74, 6) is -0.855. The van der Waals surface area contributed by atoms with Crippen molar-refractivity contribution in [1.82, 2.24) is 4.98 Å². The predicted octanol–water partition coefficient (Wildman–Crippen LogP) is 3.59. The zero-order valence-electron chi connectivity index (χ0n) is 8.84. The smallest absolute Gasteiger partial charge is 0.357 e. The minimum absolute atomic E-state index is 0.0651. The highest BCUT2D eigenvalue weighted by molar-refractivity contribution is 6.31. The van der Waals surface area contributed by atoms with E-state index in [1.807, 2.05) is 0 Å². The fraction of sp³-hybridized carbons (Fsp3) is 0.400. The lowest BCUT2D eigenvalue weighted by molar-refractivity contribution is 0.0517. The van der Waals surface area contributed by atoms with Crippen molar-refractivity contribution in [2.75, 3.05) is 6.61 Å². The quantitative estimate of drug-likeness (QED) is 0.626. The molecule has 0 radical (unpaired) electrons. The Morgan fingerprint density at radius 1 is 1.59 bits per heavy atom. The zero-order valence-corrected chi connectivity index (χ0v) is 10.4. The standard InChI is InChI=1S/C10H9Cl2F2NO2/c1-2-17-10(16)7-5(4-11)3-6(12)8(15-7)9(13)14/h3,9H,2,4H2,1H3. The van der Waals surface area contributed by atoms with Crippen molar-refractivity contribution >= 4 is 29.2 Å². The molecule has 0 fully saturated rings. The van der Waals surface area contributed by atoms with Gasteiger partial charge in [-0.15, -0.1) is 11.6 Å². The molecule has 0 atom stereocenters. The number of hydrogen-bond donors (Lipinski definition) is 0. The second-order valence-corrected chi connectivity index (χ2v) is 3.69. The molecule has 1 heterocycles. The second kappa shape index (κ2) is 6.12. The molecule has 0 saturated carbocycles. The van der Waals surface area contributed by atoms with Crippen LogP contribution >= 0.6 is 23.2 Å². The number of alkyl halides is 3. The molecule has 0 aliphatic carbocycles. The summed E-state index contributed by atoms with van der Waals surface area (Å²) in [6.45, 7) is 1.72. The maximum atomic E-state index is 12.6. The molecule has 17 heavy (non-hydrogen) atoms. The van der Waals surface area contributed by atoms with Crippen molar-refractivity contribution in [3.8, 4) is 0 Å². The first-order chi connectivity index (χ1) is 8.01. The Hall–Kier alpha value is -0.940. The van der Waals surface area contributed by atoms with Crippen LogP contribution in [0.5, 0.6) is 0 Å². The van der Waals surface area contributed by atoms with Gasteiger partial charge in [0.25, 0.3) is 6.43 Å². The normalized spacial score (nSPS) is 10.7. The summed E-state index contributed by atoms with van der Waals surface area (Å²) in [6, 6.07) is 1.20. The molecule has 7 heteroatoms. The van der Waals surface area contributed by atoms with Gasteiger partial charge in [0.15, 0.2) is 5.69 Å². The predicted molar refractivity (Wildman–Crippen MR) is 59.7 cm³/mol. The van der Waals surface area contributed by atoms with Crippen LogP contribution in [-0.4, -0.2) is 17.6 Å². The number of nitrogens with zero attached hydrogens (tertiary/aromatic N) is 1. The highest BCUT2D eigenvalue weighted by Gasteiger charge is 2.21. The van der Waals surface area contributed by atoms with Gasteiger partial charge in [-0.05, 0) is 13.0 Å². The Balaban J connectivity index is 3.26. The molecule has 3 nitrogen and oxygen atoms in total. The molecule has 0 aliphatic heterocycles. The van der Waals surface area contributed by atoms with E-state index in [1.165, 1.54) is 6.07 Å². The molecular formula is C10H9Cl2F2NO2. The van der Waals surface area contributed by atoms with Crippen molar-refractivity contribution in [2.45, 2.75) is 19.2 Å². The monoisotopic (exact) mass is 283 g/mol. The summed E-state index contributed by atoms with van der Waals surface area (Å²) in [6.07, 6.45) is -2.86. The van der Waals surface area contributed by atoms with Gasteiger partial charge in [-0.2, -0.15) is 0 Å². The third-order valence-corrected chi connectivity index (χ3v) is 2.49. The fourth-order valence-corrected chi connectivity index (χ4v) is 1.63. The lowest BCUT2D eigenvalue weighted by Crippen LogP contribution is -2.12. The molecule has 0 N–H and O–H groups in total. The van der Waals surface area contributed by atoms with Crippen LogP contribution in [0.1, 0.15) is 35.1 Å². The van der Waals surface area contributed by atoms with Crippen LogP contribution in [0.3, 0.4) is 0 Å². The first-order valence-electron chi connectivity index (χ1n) is 4.71. The van der Waals surface area contributed by atoms with E-state index >= 15 is 0 Å². The van der Waals surface area contributed by atoms with Crippen molar-refractivity contribution in [3.05, 3.63) is 28.0 Å². The number of aromatic nitrogens is 1. The largest absolute Gasteiger partial charge is 0.461 e. The Bertz CT molecular complexity index is 427. The molecule has 1 aromatic rings. The number of halogens is 4. The van der Waals surface area contributed by atoms with E-state index in [1.54, 1.807) is 6.92 Å². The van der Waals surface area contributed by atoms with Crippen LogP contribution in [0.25, 0.3) is 0 Å². The van der Waals surface area contributed by atoms with E-state index in [0.29, 0.717) is 0 Å². The highest BCUT2D eigenvalue weighted by atomic mass is 35.5. The van der Waals surface area contributed by atoms with E-state index in [0.717, 1.165) is 0 Å². The summed E-state index contributed by atoms with van der Waals surface area (Å²) in [7, 11) is 0. The lowest BCUT2D eigenvalue weighted by Gasteiger charge is -2.09. The van der Waals surface area contributed by atoms with Gasteiger partial charge in [0.2, 0.25) is 0 Å². The van der Waals surface area contributed by atoms with Crippen molar-refractivity contribution in [3.63, 3.8) is 0 Å². The van der Waals surface area contributed by atoms with E-state index < -0.39 is 18.1 Å². The average Bonchev–Trinajstić information content (AvgIpc) is 2.28. The number of pyridine rings is 1. The highest BCUT2D eigenvalue weighted by Crippen LogP contribution is 2.28. The SMILES string of the molecule is CCOC(=O)c1nc(C(F)F)c(Cl)cc1CCl. The van der Waals surface area contributed by atoms with E-state index in [2.05, 4.69) is 4.98 Å². The van der Waals surface area contributed by atoms with Gasteiger partial charge in [-0.3, -0.25) is 0 Å². The minimum Gasteiger partial charge on any atom is -0.461 e. The molecule has 1 aromatic heterocycles. The van der Waals surface area contributed by atoms with E-state index in [-0.39, 0.29) is 28.8 Å². The van der Waals surface area contributed by atoms with Gasteiger partial charge in [-0.25, -0.2) is 18.6 Å². The number of ether oxygens (including phenoxy) is 1. The second-order valence-electron chi connectivity index (χ2n) is 3.02. The average molecular weight is 284 g/mol. The molecule has 0 saturated heterocycles. The summed E-state index contributed by atoms with van der Waals surface area (Å²) < 4.78 is 29.8. The van der Waals surface area contributed by atoms with Crippen LogP contribution in [0.4, 0.5) is 8.78 Å². The van der Waals surface area contributed by atoms with Gasteiger partial charge >= 0.3 is 5.97 Å². The fourth-order valence-electron chi connectivity index (χ4n) is 1.17. The first-order valence-corrected chi connectivity index (χ1v) is 5.63. The van der Waals surface area contributed by atoms with E-state index in [9.17, 15) is 13.6 Å². The Labute approximate surface area is 107 Å². The number of carbonyl (C=O) groups excluding carboxylic acids is 1. The maximum Gasteiger partial charge on any atom is 0.357 e. The zero-order chi connectivity index (χ0) is 13.0. The van der Waals surface area contributed by atoms with Crippen molar-refractivity contribution in [2.24, 2.45) is 0 Å². The summed E-state index contributed by atoms with van der Waals surface area (Å²) >= 11 is 11.2. The molecule has 94 valence electrons. The Kier molecular flexibility index (Phi) is 5.08. The first kappa shape index (κ1) is 14.1. The minimum atomic E-state index is -2.86. The van der Waals surface area contributed by atoms with Crippen LogP contribution in [0, 0.1) is 0 Å². The van der Waals surface area contributed by atoms with Gasteiger partial charge < -0.3 is 4.74 Å². The van der Waals surface area contributed by atoms with Crippen molar-refractivity contribution in [1.29, 1.82) is 0 Å². The molecule has 0 bridgehead atoms. The third-order valence-electron chi connectivity index (χ3n) is 1.90. The maximum absolute atomic E-state index is 12.6. The molecular weight excluding hydrogens is 275 g/mol. The molecule has 1 rings (SSSR count). The van der Waals surface area contributed by atoms with Crippen LogP contribution in [0.15, 0.2) is 6.07 Å². The van der Waals surface area contributed by atoms with Crippen LogP contribution < -0.4 is 0 Å². The summed E-state index contributed by atoms with van der Waals surface area (Å²) in [4.78, 5) is 15.0. The number of rotatable bonds is 4. The third kappa shape index (κ3) is 3.26. The molecule has 0 aliphatic rings. The van der Waals surface area contributed by atoms with Gasteiger partial charge in [0.1, 0.15) is 5.69 Å². The topological polar surface area (TPSA) is 39.2 Å². The van der Waals surface area contributed by atoms with Gasteiger partial charge in [-0.1, -0.05) is 11.6 Å². The molecule has 0 aromatic carbocycles. The molecule has 0 unspecified atom stereocenters. The van der Waals surface area contributed by atoms with Gasteiger partial charge in [0.05, 0.1) is 11.6 Å². The van der Waals surface area contributed by atoms with Crippen molar-refractivity contribution < 1.29 is 18.3 Å².